The van der Waals surface area contributed by atoms with Crippen molar-refractivity contribution in [3.8, 4) is 23.4 Å². The fraction of sp³-hybridized carbons (Fsp3) is 0.353. The van der Waals surface area contributed by atoms with Crippen molar-refractivity contribution in [2.24, 2.45) is 0 Å². The molecule has 1 aliphatic rings. The summed E-state index contributed by atoms with van der Waals surface area (Å²) in [6.07, 6.45) is 2.85. The van der Waals surface area contributed by atoms with Crippen LogP contribution in [0.5, 0.6) is 17.4 Å². The lowest BCUT2D eigenvalue weighted by Gasteiger charge is -2.19. The Morgan fingerprint density at radius 1 is 1.22 bits per heavy atom. The zero-order valence-electron chi connectivity index (χ0n) is 14.8. The Morgan fingerprint density at radius 3 is 2.70 bits per heavy atom. The monoisotopic (exact) mass is 390 g/mol. The molecule has 1 atom stereocenters. The Balaban J connectivity index is 1.81. The molecule has 10 heteroatoms. The van der Waals surface area contributed by atoms with Crippen LogP contribution < -0.4 is 14.2 Å². The Hall–Kier alpha value is -2.90. The average Bonchev–Trinajstić information content (AvgIpc) is 3.17. The molecule has 0 spiro atoms. The fourth-order valence-corrected chi connectivity index (χ4v) is 4.44. The first-order valence-electron chi connectivity index (χ1n) is 8.09. The number of aromatic nitrogens is 2. The quantitative estimate of drug-likeness (QED) is 0.723. The largest absolute Gasteiger partial charge is 0.497 e. The predicted octanol–water partition coefficient (Wildman–Crippen LogP) is 1.21. The van der Waals surface area contributed by atoms with E-state index < -0.39 is 16.1 Å². The van der Waals surface area contributed by atoms with Gasteiger partial charge >= 0.3 is 0 Å². The third-order valence-corrected chi connectivity index (χ3v) is 6.03. The molecule has 1 fully saturated rings. The molecule has 0 bridgehead atoms. The molecule has 0 saturated carbocycles. The van der Waals surface area contributed by atoms with E-state index in [4.69, 9.17) is 19.5 Å². The molecule has 3 rings (SSSR count). The normalized spacial score (nSPS) is 17.3. The molecule has 2 aromatic rings. The lowest BCUT2D eigenvalue weighted by molar-refractivity contribution is 0.205. The molecule has 142 valence electrons. The van der Waals surface area contributed by atoms with Crippen LogP contribution in [-0.2, 0) is 10.0 Å². The molecule has 1 saturated heterocycles. The number of sulfonamides is 1. The van der Waals surface area contributed by atoms with Gasteiger partial charge in [-0.3, -0.25) is 0 Å². The van der Waals surface area contributed by atoms with Gasteiger partial charge in [0, 0.05) is 25.0 Å². The van der Waals surface area contributed by atoms with E-state index in [-0.39, 0.29) is 35.3 Å². The fourth-order valence-electron chi connectivity index (χ4n) is 2.78. The van der Waals surface area contributed by atoms with E-state index in [2.05, 4.69) is 9.97 Å². The number of ether oxygens (including phenoxy) is 3. The van der Waals surface area contributed by atoms with Crippen molar-refractivity contribution in [3.05, 3.63) is 36.3 Å². The number of hydrogen-bond donors (Lipinski definition) is 0. The lowest BCUT2D eigenvalue weighted by atomic mass is 10.3. The van der Waals surface area contributed by atoms with Crippen molar-refractivity contribution in [2.45, 2.75) is 17.4 Å². The number of rotatable bonds is 6. The lowest BCUT2D eigenvalue weighted by Crippen LogP contribution is -2.31. The van der Waals surface area contributed by atoms with Crippen LogP contribution in [0.4, 0.5) is 0 Å². The molecule has 0 radical (unpaired) electrons. The summed E-state index contributed by atoms with van der Waals surface area (Å²) < 4.78 is 43.5. The summed E-state index contributed by atoms with van der Waals surface area (Å²) in [6.45, 7) is 0.402. The minimum atomic E-state index is -3.81. The summed E-state index contributed by atoms with van der Waals surface area (Å²) in [5.41, 5.74) is 0.0632. The number of nitriles is 1. The first-order valence-corrected chi connectivity index (χ1v) is 9.53. The summed E-state index contributed by atoms with van der Waals surface area (Å²) in [5, 5.41) is 9.06. The van der Waals surface area contributed by atoms with Gasteiger partial charge in [-0.1, -0.05) is 0 Å². The van der Waals surface area contributed by atoms with Crippen molar-refractivity contribution < 1.29 is 22.6 Å². The molecule has 9 nitrogen and oxygen atoms in total. The maximum absolute atomic E-state index is 13.1. The van der Waals surface area contributed by atoms with E-state index in [0.717, 1.165) is 0 Å². The molecule has 27 heavy (non-hydrogen) atoms. The third-order valence-electron chi connectivity index (χ3n) is 4.15. The minimum absolute atomic E-state index is 0.0298. The number of nitrogens with zero attached hydrogens (tertiary/aromatic N) is 4. The standard InChI is InChI=1S/C17H18N4O5S/c1-24-12-3-4-15(25-2)16(9-12)27(22,23)21-8-5-13(11-21)26-17-14(10-18)19-6-7-20-17/h3-4,6-7,9,13H,5,8,11H2,1-2H3. The summed E-state index contributed by atoms with van der Waals surface area (Å²) >= 11 is 0. The topological polar surface area (TPSA) is 115 Å². The van der Waals surface area contributed by atoms with Gasteiger partial charge in [0.2, 0.25) is 15.7 Å². The Labute approximate surface area is 157 Å². The van der Waals surface area contributed by atoms with Gasteiger partial charge in [0.1, 0.15) is 28.6 Å². The summed E-state index contributed by atoms with van der Waals surface area (Å²) in [6, 6.07) is 6.51. The Kier molecular flexibility index (Phi) is 5.43. The van der Waals surface area contributed by atoms with Crippen LogP contribution in [0.1, 0.15) is 12.1 Å². The maximum atomic E-state index is 13.1. The maximum Gasteiger partial charge on any atom is 0.251 e. The summed E-state index contributed by atoms with van der Waals surface area (Å²) in [5.74, 6) is 0.753. The smallest absolute Gasteiger partial charge is 0.251 e. The van der Waals surface area contributed by atoms with Crippen LogP contribution in [0.25, 0.3) is 0 Å². The van der Waals surface area contributed by atoms with Gasteiger partial charge in [-0.05, 0) is 18.6 Å². The Morgan fingerprint density at radius 2 is 2.00 bits per heavy atom. The highest BCUT2D eigenvalue weighted by Gasteiger charge is 2.36. The Bertz CT molecular complexity index is 974. The van der Waals surface area contributed by atoms with Gasteiger partial charge in [-0.25, -0.2) is 18.4 Å². The molecule has 1 aromatic heterocycles. The van der Waals surface area contributed by atoms with Gasteiger partial charge in [0.05, 0.1) is 20.8 Å². The van der Waals surface area contributed by atoms with E-state index in [0.29, 0.717) is 12.2 Å². The first-order chi connectivity index (χ1) is 13.0. The third kappa shape index (κ3) is 3.79. The molecule has 2 heterocycles. The van der Waals surface area contributed by atoms with Crippen LogP contribution in [0, 0.1) is 11.3 Å². The average molecular weight is 390 g/mol. The summed E-state index contributed by atoms with van der Waals surface area (Å²) in [7, 11) is -0.933. The van der Waals surface area contributed by atoms with Gasteiger partial charge < -0.3 is 14.2 Å². The highest BCUT2D eigenvalue weighted by atomic mass is 32.2. The van der Waals surface area contributed by atoms with Crippen molar-refractivity contribution in [3.63, 3.8) is 0 Å². The van der Waals surface area contributed by atoms with Crippen molar-refractivity contribution in [2.75, 3.05) is 27.3 Å². The molecule has 0 aliphatic carbocycles. The van der Waals surface area contributed by atoms with Crippen LogP contribution in [-0.4, -0.2) is 56.1 Å². The molecular formula is C17H18N4O5S. The second kappa shape index (κ2) is 7.77. The first kappa shape index (κ1) is 18.9. The molecule has 1 aliphatic heterocycles. The molecular weight excluding hydrogens is 372 g/mol. The van der Waals surface area contributed by atoms with E-state index in [9.17, 15) is 8.42 Å². The van der Waals surface area contributed by atoms with Crippen molar-refractivity contribution in [1.82, 2.24) is 14.3 Å². The van der Waals surface area contributed by atoms with E-state index in [1.54, 1.807) is 12.1 Å². The highest BCUT2D eigenvalue weighted by molar-refractivity contribution is 7.89. The zero-order valence-corrected chi connectivity index (χ0v) is 15.6. The minimum Gasteiger partial charge on any atom is -0.497 e. The van der Waals surface area contributed by atoms with Crippen molar-refractivity contribution in [1.29, 1.82) is 5.26 Å². The van der Waals surface area contributed by atoms with Crippen LogP contribution in [0.3, 0.4) is 0 Å². The summed E-state index contributed by atoms with van der Waals surface area (Å²) in [4.78, 5) is 7.91. The molecule has 0 amide bonds. The predicted molar refractivity (Wildman–Crippen MR) is 94.1 cm³/mol. The number of hydrogen-bond acceptors (Lipinski definition) is 8. The van der Waals surface area contributed by atoms with Crippen LogP contribution in [0.2, 0.25) is 0 Å². The SMILES string of the molecule is COc1ccc(OC)c(S(=O)(=O)N2CCC(Oc3nccnc3C#N)C2)c1. The van der Waals surface area contributed by atoms with Gasteiger partial charge in [0.15, 0.2) is 0 Å². The van der Waals surface area contributed by atoms with Gasteiger partial charge in [0.25, 0.3) is 5.88 Å². The van der Waals surface area contributed by atoms with E-state index in [1.807, 2.05) is 6.07 Å². The number of methoxy groups -OCH3 is 2. The van der Waals surface area contributed by atoms with Crippen molar-refractivity contribution >= 4 is 10.0 Å². The highest BCUT2D eigenvalue weighted by Crippen LogP contribution is 2.32. The van der Waals surface area contributed by atoms with Crippen LogP contribution in [0.15, 0.2) is 35.5 Å². The molecule has 1 unspecified atom stereocenters. The van der Waals surface area contributed by atoms with Gasteiger partial charge in [-0.15, -0.1) is 0 Å². The second-order valence-electron chi connectivity index (χ2n) is 5.73. The second-order valence-corrected chi connectivity index (χ2v) is 7.64. The molecule has 1 aromatic carbocycles. The van der Waals surface area contributed by atoms with Gasteiger partial charge in [-0.2, -0.15) is 9.57 Å². The number of benzene rings is 1. The van der Waals surface area contributed by atoms with Crippen LogP contribution >= 0.6 is 0 Å². The zero-order chi connectivity index (χ0) is 19.4. The van der Waals surface area contributed by atoms with E-state index in [1.165, 1.54) is 37.0 Å². The van der Waals surface area contributed by atoms with E-state index >= 15 is 0 Å². The molecule has 0 N–H and O–H groups in total.